The van der Waals surface area contributed by atoms with Crippen LogP contribution in [0, 0.1) is 6.92 Å². The van der Waals surface area contributed by atoms with E-state index in [1.807, 2.05) is 34.9 Å². The zero-order valence-electron chi connectivity index (χ0n) is 15.4. The van der Waals surface area contributed by atoms with Crippen molar-refractivity contribution >= 4 is 17.5 Å². The van der Waals surface area contributed by atoms with Gasteiger partial charge in [-0.25, -0.2) is 0 Å². The van der Waals surface area contributed by atoms with Gasteiger partial charge in [-0.2, -0.15) is 0 Å². The van der Waals surface area contributed by atoms with Crippen LogP contribution in [-0.2, 0) is 4.79 Å². The van der Waals surface area contributed by atoms with Crippen LogP contribution in [0.3, 0.4) is 0 Å². The Balaban J connectivity index is 1.70. The smallest absolute Gasteiger partial charge is 0.256 e. The lowest BCUT2D eigenvalue weighted by molar-refractivity contribution is -0.132. The molecule has 1 aromatic rings. The van der Waals surface area contributed by atoms with E-state index in [9.17, 15) is 9.59 Å². The molecular formula is C20H29N3O2. The highest BCUT2D eigenvalue weighted by Crippen LogP contribution is 2.24. The van der Waals surface area contributed by atoms with Gasteiger partial charge in [0.1, 0.15) is 0 Å². The predicted octanol–water partition coefficient (Wildman–Crippen LogP) is 3.04. The molecule has 2 fully saturated rings. The molecule has 25 heavy (non-hydrogen) atoms. The van der Waals surface area contributed by atoms with Crippen LogP contribution in [0.25, 0.3) is 0 Å². The molecule has 1 aromatic carbocycles. The summed E-state index contributed by atoms with van der Waals surface area (Å²) in [5.74, 6) is 0.199. The fourth-order valence-electron chi connectivity index (χ4n) is 3.92. The number of amides is 2. The molecule has 136 valence electrons. The predicted molar refractivity (Wildman–Crippen MR) is 99.8 cm³/mol. The first-order valence-corrected chi connectivity index (χ1v) is 9.50. The highest BCUT2D eigenvalue weighted by Gasteiger charge is 2.25. The van der Waals surface area contributed by atoms with E-state index in [1.54, 1.807) is 0 Å². The van der Waals surface area contributed by atoms with Gasteiger partial charge < -0.3 is 15.1 Å². The average Bonchev–Trinajstić information content (AvgIpc) is 3.14. The molecule has 2 amide bonds. The average molecular weight is 343 g/mol. The van der Waals surface area contributed by atoms with Gasteiger partial charge in [0.05, 0.1) is 12.1 Å². The molecule has 1 unspecified atom stereocenters. The summed E-state index contributed by atoms with van der Waals surface area (Å²) in [7, 11) is 0. The Morgan fingerprint density at radius 2 is 1.84 bits per heavy atom. The number of carbonyl (C=O) groups is 2. The van der Waals surface area contributed by atoms with Gasteiger partial charge in [0.25, 0.3) is 5.91 Å². The third-order valence-corrected chi connectivity index (χ3v) is 5.43. The Morgan fingerprint density at radius 1 is 1.12 bits per heavy atom. The van der Waals surface area contributed by atoms with Crippen LogP contribution in [0.4, 0.5) is 5.69 Å². The summed E-state index contributed by atoms with van der Waals surface area (Å²) >= 11 is 0. The number of rotatable bonds is 4. The Labute approximate surface area is 150 Å². The number of nitrogens with one attached hydrogen (secondary N) is 1. The summed E-state index contributed by atoms with van der Waals surface area (Å²) in [6, 6.07) is 6.12. The van der Waals surface area contributed by atoms with Crippen molar-refractivity contribution in [1.82, 2.24) is 9.80 Å². The van der Waals surface area contributed by atoms with Crippen molar-refractivity contribution < 1.29 is 9.59 Å². The summed E-state index contributed by atoms with van der Waals surface area (Å²) in [6.07, 6.45) is 5.51. The van der Waals surface area contributed by atoms with Crippen LogP contribution in [-0.4, -0.2) is 53.8 Å². The number of carbonyl (C=O) groups excluding carboxylic acids is 2. The number of hydrogen-bond donors (Lipinski definition) is 1. The van der Waals surface area contributed by atoms with Crippen molar-refractivity contribution in [2.75, 3.05) is 31.5 Å². The van der Waals surface area contributed by atoms with E-state index in [0.29, 0.717) is 11.6 Å². The molecule has 0 aromatic heterocycles. The van der Waals surface area contributed by atoms with Crippen molar-refractivity contribution in [3.63, 3.8) is 0 Å². The van der Waals surface area contributed by atoms with Crippen molar-refractivity contribution in [2.45, 2.75) is 52.0 Å². The van der Waals surface area contributed by atoms with Gasteiger partial charge in [-0.1, -0.05) is 12.1 Å². The molecule has 0 aliphatic carbocycles. The molecule has 2 heterocycles. The van der Waals surface area contributed by atoms with Crippen LogP contribution in [0.1, 0.15) is 54.9 Å². The molecule has 1 atom stereocenters. The van der Waals surface area contributed by atoms with Crippen molar-refractivity contribution in [3.8, 4) is 0 Å². The molecule has 5 nitrogen and oxygen atoms in total. The Morgan fingerprint density at radius 3 is 2.56 bits per heavy atom. The third-order valence-electron chi connectivity index (χ3n) is 5.43. The highest BCUT2D eigenvalue weighted by molar-refractivity contribution is 6.01. The molecule has 0 saturated carbocycles. The second kappa shape index (κ2) is 7.89. The summed E-state index contributed by atoms with van der Waals surface area (Å²) in [5.41, 5.74) is 2.44. The summed E-state index contributed by atoms with van der Waals surface area (Å²) in [5, 5.41) is 3.24. The highest BCUT2D eigenvalue weighted by atomic mass is 16.2. The Kier molecular flexibility index (Phi) is 5.61. The third kappa shape index (κ3) is 3.97. The van der Waals surface area contributed by atoms with Crippen LogP contribution in [0.15, 0.2) is 18.2 Å². The topological polar surface area (TPSA) is 52.7 Å². The number of anilines is 1. The molecule has 2 aliphatic heterocycles. The van der Waals surface area contributed by atoms with Crippen molar-refractivity contribution in [2.24, 2.45) is 0 Å². The fraction of sp³-hybridized carbons (Fsp3) is 0.600. The minimum Gasteiger partial charge on any atom is -0.375 e. The summed E-state index contributed by atoms with van der Waals surface area (Å²) in [6.45, 7) is 6.83. The van der Waals surface area contributed by atoms with Crippen LogP contribution < -0.4 is 5.32 Å². The molecule has 2 aliphatic rings. The maximum absolute atomic E-state index is 12.9. The maximum atomic E-state index is 12.9. The summed E-state index contributed by atoms with van der Waals surface area (Å²) in [4.78, 5) is 29.3. The minimum absolute atomic E-state index is 0.0805. The molecule has 0 radical (unpaired) electrons. The van der Waals surface area contributed by atoms with Gasteiger partial charge in [-0.05, 0) is 57.6 Å². The van der Waals surface area contributed by atoms with E-state index >= 15 is 0 Å². The van der Waals surface area contributed by atoms with Gasteiger partial charge >= 0.3 is 0 Å². The zero-order chi connectivity index (χ0) is 17.8. The lowest BCUT2D eigenvalue weighted by atomic mass is 10.0. The lowest BCUT2D eigenvalue weighted by Gasteiger charge is -2.33. The molecule has 2 saturated heterocycles. The first kappa shape index (κ1) is 17.8. The van der Waals surface area contributed by atoms with E-state index < -0.39 is 0 Å². The number of likely N-dealkylation sites (tertiary alicyclic amines) is 2. The SMILES string of the molecule is Cc1cccc(NCC(=O)N2CCCCC2C)c1C(=O)N1CCCC1. The Bertz CT molecular complexity index is 638. The number of aryl methyl sites for hydroxylation is 1. The first-order chi connectivity index (χ1) is 12.1. The van der Waals surface area contributed by atoms with Crippen LogP contribution >= 0.6 is 0 Å². The molecule has 0 bridgehead atoms. The number of benzene rings is 1. The van der Waals surface area contributed by atoms with Gasteiger partial charge in [0.2, 0.25) is 5.91 Å². The maximum Gasteiger partial charge on any atom is 0.256 e. The van der Waals surface area contributed by atoms with E-state index in [0.717, 1.165) is 56.6 Å². The van der Waals surface area contributed by atoms with E-state index in [2.05, 4.69) is 12.2 Å². The number of hydrogen-bond acceptors (Lipinski definition) is 3. The van der Waals surface area contributed by atoms with E-state index in [4.69, 9.17) is 0 Å². The van der Waals surface area contributed by atoms with Gasteiger partial charge in [-0.3, -0.25) is 9.59 Å². The normalized spacial score (nSPS) is 20.6. The molecule has 1 N–H and O–H groups in total. The quantitative estimate of drug-likeness (QED) is 0.914. The van der Waals surface area contributed by atoms with E-state index in [1.165, 1.54) is 6.42 Å². The first-order valence-electron chi connectivity index (χ1n) is 9.50. The molecule has 3 rings (SSSR count). The second-order valence-electron chi connectivity index (χ2n) is 7.28. The summed E-state index contributed by atoms with van der Waals surface area (Å²) < 4.78 is 0. The van der Waals surface area contributed by atoms with Crippen LogP contribution in [0.2, 0.25) is 0 Å². The zero-order valence-corrected chi connectivity index (χ0v) is 15.4. The van der Waals surface area contributed by atoms with Gasteiger partial charge in [0, 0.05) is 31.4 Å². The van der Waals surface area contributed by atoms with Crippen molar-refractivity contribution in [3.05, 3.63) is 29.3 Å². The largest absolute Gasteiger partial charge is 0.375 e. The molecular weight excluding hydrogens is 314 g/mol. The molecule has 0 spiro atoms. The second-order valence-corrected chi connectivity index (χ2v) is 7.28. The van der Waals surface area contributed by atoms with Crippen LogP contribution in [0.5, 0.6) is 0 Å². The number of nitrogens with zero attached hydrogens (tertiary/aromatic N) is 2. The Hall–Kier alpha value is -2.04. The van der Waals surface area contributed by atoms with E-state index in [-0.39, 0.29) is 18.4 Å². The molecule has 5 heteroatoms. The number of piperidine rings is 1. The van der Waals surface area contributed by atoms with Crippen molar-refractivity contribution in [1.29, 1.82) is 0 Å². The monoisotopic (exact) mass is 343 g/mol. The standard InChI is InChI=1S/C20H29N3O2/c1-15-8-7-10-17(19(15)20(25)22-11-5-6-12-22)21-14-18(24)23-13-4-3-9-16(23)2/h7-8,10,16,21H,3-6,9,11-14H2,1-2H3. The van der Waals surface area contributed by atoms with Gasteiger partial charge in [0.15, 0.2) is 0 Å². The minimum atomic E-state index is 0.0805. The fourth-order valence-corrected chi connectivity index (χ4v) is 3.92. The van der Waals surface area contributed by atoms with Gasteiger partial charge in [-0.15, -0.1) is 0 Å². The lowest BCUT2D eigenvalue weighted by Crippen LogP contribution is -2.44.